The highest BCUT2D eigenvalue weighted by molar-refractivity contribution is 4.79. The van der Waals surface area contributed by atoms with Gasteiger partial charge in [0, 0.05) is 12.6 Å². The second-order valence-electron chi connectivity index (χ2n) is 4.78. The van der Waals surface area contributed by atoms with E-state index in [0.29, 0.717) is 17.9 Å². The fourth-order valence-electron chi connectivity index (χ4n) is 2.15. The molecule has 0 heterocycles. The summed E-state index contributed by atoms with van der Waals surface area (Å²) < 4.78 is 35.7. The summed E-state index contributed by atoms with van der Waals surface area (Å²) >= 11 is 0. The van der Waals surface area contributed by atoms with Gasteiger partial charge in [-0.25, -0.2) is 0 Å². The summed E-state index contributed by atoms with van der Waals surface area (Å²) in [6.07, 6.45) is -1.58. The molecule has 0 bridgehead atoms. The van der Waals surface area contributed by atoms with Gasteiger partial charge in [-0.1, -0.05) is 13.8 Å². The lowest BCUT2D eigenvalue weighted by Gasteiger charge is -2.32. The fourth-order valence-corrected chi connectivity index (χ4v) is 2.15. The van der Waals surface area contributed by atoms with Crippen molar-refractivity contribution in [3.8, 4) is 0 Å². The van der Waals surface area contributed by atoms with Crippen LogP contribution in [-0.2, 0) is 0 Å². The Balaban J connectivity index is 2.17. The zero-order valence-electron chi connectivity index (χ0n) is 9.40. The van der Waals surface area contributed by atoms with Gasteiger partial charge in [0.1, 0.15) is 0 Å². The van der Waals surface area contributed by atoms with Crippen molar-refractivity contribution in [2.24, 2.45) is 11.8 Å². The van der Waals surface area contributed by atoms with Crippen LogP contribution in [0, 0.1) is 11.8 Å². The van der Waals surface area contributed by atoms with Crippen LogP contribution in [0.4, 0.5) is 13.2 Å². The normalized spacial score (nSPS) is 33.0. The maximum absolute atomic E-state index is 11.9. The Kier molecular flexibility index (Phi) is 4.44. The molecule has 90 valence electrons. The lowest BCUT2D eigenvalue weighted by molar-refractivity contribution is -0.133. The van der Waals surface area contributed by atoms with E-state index < -0.39 is 12.6 Å². The maximum atomic E-state index is 11.9. The van der Waals surface area contributed by atoms with Crippen LogP contribution < -0.4 is 5.32 Å². The quantitative estimate of drug-likeness (QED) is 0.773. The molecule has 3 atom stereocenters. The van der Waals surface area contributed by atoms with Crippen molar-refractivity contribution in [2.45, 2.75) is 51.7 Å². The third-order valence-electron chi connectivity index (χ3n) is 3.44. The van der Waals surface area contributed by atoms with Gasteiger partial charge in [0.05, 0.1) is 6.42 Å². The van der Waals surface area contributed by atoms with E-state index in [1.165, 1.54) is 0 Å². The van der Waals surface area contributed by atoms with E-state index >= 15 is 0 Å². The van der Waals surface area contributed by atoms with E-state index in [-0.39, 0.29) is 6.54 Å². The molecule has 0 aromatic rings. The van der Waals surface area contributed by atoms with Crippen molar-refractivity contribution in [1.82, 2.24) is 5.32 Å². The molecule has 1 saturated carbocycles. The van der Waals surface area contributed by atoms with Crippen molar-refractivity contribution in [1.29, 1.82) is 0 Å². The summed E-state index contributed by atoms with van der Waals surface area (Å²) in [5.74, 6) is 1.34. The van der Waals surface area contributed by atoms with Gasteiger partial charge >= 0.3 is 6.18 Å². The molecule has 0 spiro atoms. The minimum Gasteiger partial charge on any atom is -0.314 e. The van der Waals surface area contributed by atoms with Gasteiger partial charge in [0.25, 0.3) is 0 Å². The average Bonchev–Trinajstić information content (AvgIpc) is 2.09. The topological polar surface area (TPSA) is 12.0 Å². The summed E-state index contributed by atoms with van der Waals surface area (Å²) in [5.41, 5.74) is 0. The molecule has 3 unspecified atom stereocenters. The Morgan fingerprint density at radius 3 is 2.33 bits per heavy atom. The van der Waals surface area contributed by atoms with Crippen LogP contribution >= 0.6 is 0 Å². The minimum absolute atomic E-state index is 0.0647. The Hall–Kier alpha value is -0.250. The Labute approximate surface area is 89.4 Å². The third-order valence-corrected chi connectivity index (χ3v) is 3.44. The largest absolute Gasteiger partial charge is 0.390 e. The molecule has 0 radical (unpaired) electrons. The predicted molar refractivity (Wildman–Crippen MR) is 54.6 cm³/mol. The van der Waals surface area contributed by atoms with Crippen molar-refractivity contribution in [3.63, 3.8) is 0 Å². The first kappa shape index (κ1) is 12.8. The standard InChI is InChI=1S/C11H20F3N/c1-8-3-4-10(7-9(8)2)15-6-5-11(12,13)14/h8-10,15H,3-7H2,1-2H3. The molecule has 1 rings (SSSR count). The Morgan fingerprint density at radius 1 is 1.13 bits per heavy atom. The third kappa shape index (κ3) is 4.87. The predicted octanol–water partition coefficient (Wildman–Crippen LogP) is 3.35. The smallest absolute Gasteiger partial charge is 0.314 e. The molecular weight excluding hydrogens is 203 g/mol. The minimum atomic E-state index is -4.03. The van der Waals surface area contributed by atoms with Crippen molar-refractivity contribution >= 4 is 0 Å². The van der Waals surface area contributed by atoms with E-state index in [0.717, 1.165) is 19.3 Å². The van der Waals surface area contributed by atoms with Gasteiger partial charge in [0.15, 0.2) is 0 Å². The average molecular weight is 223 g/mol. The Morgan fingerprint density at radius 2 is 1.80 bits per heavy atom. The molecule has 4 heteroatoms. The monoisotopic (exact) mass is 223 g/mol. The highest BCUT2D eigenvalue weighted by Gasteiger charge is 2.28. The number of hydrogen-bond acceptors (Lipinski definition) is 1. The second-order valence-corrected chi connectivity index (χ2v) is 4.78. The summed E-state index contributed by atoms with van der Waals surface area (Å²) in [6.45, 7) is 4.47. The fraction of sp³-hybridized carbons (Fsp3) is 1.00. The number of alkyl halides is 3. The van der Waals surface area contributed by atoms with Gasteiger partial charge in [-0.2, -0.15) is 13.2 Å². The molecule has 1 fully saturated rings. The van der Waals surface area contributed by atoms with Crippen LogP contribution in [0.15, 0.2) is 0 Å². The van der Waals surface area contributed by atoms with E-state index in [4.69, 9.17) is 0 Å². The van der Waals surface area contributed by atoms with Crippen LogP contribution in [-0.4, -0.2) is 18.8 Å². The summed E-state index contributed by atoms with van der Waals surface area (Å²) in [5, 5.41) is 3.01. The SMILES string of the molecule is CC1CCC(NCCC(F)(F)F)CC1C. The zero-order valence-corrected chi connectivity index (χ0v) is 9.40. The first-order chi connectivity index (χ1) is 6.88. The van der Waals surface area contributed by atoms with Gasteiger partial charge in [-0.15, -0.1) is 0 Å². The molecule has 1 N–H and O–H groups in total. The van der Waals surface area contributed by atoms with Gasteiger partial charge in [0.2, 0.25) is 0 Å². The second kappa shape index (κ2) is 5.19. The van der Waals surface area contributed by atoms with Gasteiger partial charge < -0.3 is 5.32 Å². The summed E-state index contributed by atoms with van der Waals surface area (Å²) in [4.78, 5) is 0. The van der Waals surface area contributed by atoms with E-state index in [2.05, 4.69) is 19.2 Å². The molecule has 1 aliphatic carbocycles. The van der Waals surface area contributed by atoms with Gasteiger partial charge in [-0.3, -0.25) is 0 Å². The van der Waals surface area contributed by atoms with E-state index in [1.54, 1.807) is 0 Å². The lowest BCUT2D eigenvalue weighted by atomic mass is 9.79. The molecule has 0 aromatic carbocycles. The van der Waals surface area contributed by atoms with Gasteiger partial charge in [-0.05, 0) is 31.1 Å². The van der Waals surface area contributed by atoms with Crippen molar-refractivity contribution in [2.75, 3.05) is 6.54 Å². The molecule has 0 aliphatic heterocycles. The first-order valence-corrected chi connectivity index (χ1v) is 5.68. The lowest BCUT2D eigenvalue weighted by Crippen LogP contribution is -2.37. The number of rotatable bonds is 3. The molecule has 1 aliphatic rings. The Bertz CT molecular complexity index is 191. The van der Waals surface area contributed by atoms with Crippen LogP contribution in [0.1, 0.15) is 39.5 Å². The van der Waals surface area contributed by atoms with Crippen molar-refractivity contribution in [3.05, 3.63) is 0 Å². The van der Waals surface area contributed by atoms with E-state index in [1.807, 2.05) is 0 Å². The summed E-state index contributed by atoms with van der Waals surface area (Å²) in [6, 6.07) is 0.290. The molecular formula is C11H20F3N. The van der Waals surface area contributed by atoms with Crippen LogP contribution in [0.2, 0.25) is 0 Å². The molecule has 0 aromatic heterocycles. The summed E-state index contributed by atoms with van der Waals surface area (Å²) in [7, 11) is 0. The number of halogens is 3. The molecule has 0 saturated heterocycles. The van der Waals surface area contributed by atoms with Crippen LogP contribution in [0.25, 0.3) is 0 Å². The number of nitrogens with one attached hydrogen (secondary N) is 1. The molecule has 1 nitrogen and oxygen atoms in total. The molecule has 15 heavy (non-hydrogen) atoms. The van der Waals surface area contributed by atoms with Crippen LogP contribution in [0.5, 0.6) is 0 Å². The van der Waals surface area contributed by atoms with Crippen molar-refractivity contribution < 1.29 is 13.2 Å². The van der Waals surface area contributed by atoms with Crippen LogP contribution in [0.3, 0.4) is 0 Å². The highest BCUT2D eigenvalue weighted by atomic mass is 19.4. The number of hydrogen-bond donors (Lipinski definition) is 1. The molecule has 0 amide bonds. The highest BCUT2D eigenvalue weighted by Crippen LogP contribution is 2.29. The maximum Gasteiger partial charge on any atom is 0.390 e. The van der Waals surface area contributed by atoms with E-state index in [9.17, 15) is 13.2 Å². The zero-order chi connectivity index (χ0) is 11.5. The first-order valence-electron chi connectivity index (χ1n) is 5.68.